The van der Waals surface area contributed by atoms with E-state index in [0.29, 0.717) is 26.4 Å². The third kappa shape index (κ3) is 8.52. The Hall–Kier alpha value is -8.70. The van der Waals surface area contributed by atoms with Gasteiger partial charge in [0.2, 0.25) is 0 Å². The number of hydrogen-bond donors (Lipinski definition) is 0. The number of ether oxygens (including phenoxy) is 4. The summed E-state index contributed by atoms with van der Waals surface area (Å²) in [6, 6.07) is 55.5. The molecule has 0 heterocycles. The van der Waals surface area contributed by atoms with Crippen molar-refractivity contribution in [3.63, 3.8) is 0 Å². The molecule has 12 aliphatic carbocycles. The number of hydrogen-bond acceptors (Lipinski definition) is 4. The van der Waals surface area contributed by atoms with Crippen molar-refractivity contribution in [3.05, 3.63) is 290 Å². The van der Waals surface area contributed by atoms with E-state index in [9.17, 15) is 0 Å². The first kappa shape index (κ1) is 59.1. The largest absolute Gasteiger partial charge is 0.493 e. The van der Waals surface area contributed by atoms with E-state index in [4.69, 9.17) is 31.8 Å². The molecular weight excluding hydrogens is 1140 g/mol. The normalized spacial score (nSPS) is 20.1. The highest BCUT2D eigenvalue weighted by molar-refractivity contribution is 5.89. The zero-order valence-corrected chi connectivity index (χ0v) is 55.4. The second-order valence-corrected chi connectivity index (χ2v) is 28.2. The Balaban J connectivity index is 0.975. The van der Waals surface area contributed by atoms with Gasteiger partial charge in [0.1, 0.15) is 23.0 Å². The van der Waals surface area contributed by atoms with Gasteiger partial charge < -0.3 is 18.9 Å². The van der Waals surface area contributed by atoms with E-state index in [-0.39, 0.29) is 47.3 Å². The average molecular weight is 1230 g/mol. The molecule has 9 aromatic rings. The second kappa shape index (κ2) is 24.3. The first-order valence-electron chi connectivity index (χ1n) is 36.3. The minimum absolute atomic E-state index is 0.0508. The summed E-state index contributed by atoms with van der Waals surface area (Å²) >= 11 is 0. The molecule has 0 aromatic heterocycles. The summed E-state index contributed by atoms with van der Waals surface area (Å²) in [6.07, 6.45) is 32.7. The molecule has 21 rings (SSSR count). The third-order valence-electron chi connectivity index (χ3n) is 23.2. The summed E-state index contributed by atoms with van der Waals surface area (Å²) in [4.78, 5) is 0. The zero-order chi connectivity index (χ0) is 63.3. The van der Waals surface area contributed by atoms with Crippen molar-refractivity contribution in [2.45, 2.75) is 178 Å². The highest BCUT2D eigenvalue weighted by atomic mass is 16.5. The number of terminal acetylenes is 2. The molecule has 0 aliphatic heterocycles. The Morgan fingerprint density at radius 1 is 0.234 bits per heavy atom. The van der Waals surface area contributed by atoms with Crippen molar-refractivity contribution in [3.8, 4) is 47.7 Å². The summed E-state index contributed by atoms with van der Waals surface area (Å²) in [5.41, 5.74) is 32.6. The maximum absolute atomic E-state index is 7.81. The van der Waals surface area contributed by atoms with Crippen LogP contribution in [0.1, 0.15) is 322 Å². The predicted molar refractivity (Wildman–Crippen MR) is 380 cm³/mol. The van der Waals surface area contributed by atoms with Gasteiger partial charge in [0, 0.05) is 103 Å². The number of rotatable bonds is 24. The van der Waals surface area contributed by atoms with Crippen molar-refractivity contribution < 1.29 is 18.9 Å². The number of benzene rings is 9. The molecule has 8 bridgehead atoms. The molecule has 12 aliphatic rings. The Morgan fingerprint density at radius 2 is 0.404 bits per heavy atom. The van der Waals surface area contributed by atoms with Crippen molar-refractivity contribution in [2.24, 2.45) is 0 Å². The first-order chi connectivity index (χ1) is 46.6. The fourth-order valence-electron chi connectivity index (χ4n) is 19.6. The molecule has 94 heavy (non-hydrogen) atoms. The van der Waals surface area contributed by atoms with Gasteiger partial charge in [-0.2, -0.15) is 0 Å². The van der Waals surface area contributed by atoms with Crippen LogP contribution in [-0.4, -0.2) is 26.4 Å². The van der Waals surface area contributed by atoms with E-state index in [2.05, 4.69) is 185 Å². The Bertz CT molecular complexity index is 3960. The lowest BCUT2D eigenvalue weighted by atomic mass is 9.51. The molecule has 0 unspecified atom stereocenters. The molecule has 0 radical (unpaired) electrons. The summed E-state index contributed by atoms with van der Waals surface area (Å²) in [6.45, 7) is 11.6. The van der Waals surface area contributed by atoms with E-state index in [1.165, 1.54) is 137 Å². The van der Waals surface area contributed by atoms with Gasteiger partial charge in [0.05, 0.1) is 26.4 Å². The van der Waals surface area contributed by atoms with Crippen molar-refractivity contribution in [1.82, 2.24) is 0 Å². The lowest BCUT2D eigenvalue weighted by Gasteiger charge is -2.52. The Morgan fingerprint density at radius 3 is 0.574 bits per heavy atom. The fourth-order valence-corrected chi connectivity index (χ4v) is 19.6. The summed E-state index contributed by atoms with van der Waals surface area (Å²) < 4.78 is 31.2. The van der Waals surface area contributed by atoms with Gasteiger partial charge in [-0.05, 0) is 115 Å². The monoisotopic (exact) mass is 1230 g/mol. The van der Waals surface area contributed by atoms with Crippen LogP contribution in [0.25, 0.3) is 0 Å². The van der Waals surface area contributed by atoms with Crippen LogP contribution in [0.3, 0.4) is 0 Å². The maximum atomic E-state index is 7.81. The highest BCUT2D eigenvalue weighted by Crippen LogP contribution is 2.73. The van der Waals surface area contributed by atoms with Crippen molar-refractivity contribution >= 4 is 0 Å². The minimum Gasteiger partial charge on any atom is -0.493 e. The third-order valence-corrected chi connectivity index (χ3v) is 23.2. The molecule has 0 amide bonds. The average Bonchev–Trinajstić information content (AvgIpc) is 0.652. The topological polar surface area (TPSA) is 36.9 Å². The Labute approximate surface area is 557 Å². The highest BCUT2D eigenvalue weighted by Gasteiger charge is 2.58. The van der Waals surface area contributed by atoms with Crippen LogP contribution < -0.4 is 18.9 Å². The van der Waals surface area contributed by atoms with Gasteiger partial charge in [-0.3, -0.25) is 0 Å². The predicted octanol–water partition coefficient (Wildman–Crippen LogP) is 21.4. The van der Waals surface area contributed by atoms with Crippen LogP contribution in [0.4, 0.5) is 0 Å². The van der Waals surface area contributed by atoms with Gasteiger partial charge in [-0.1, -0.05) is 262 Å². The molecule has 4 nitrogen and oxygen atoms in total. The van der Waals surface area contributed by atoms with Gasteiger partial charge in [-0.25, -0.2) is 0 Å². The van der Waals surface area contributed by atoms with Crippen LogP contribution in [0.2, 0.25) is 0 Å². The molecule has 0 fully saturated rings. The van der Waals surface area contributed by atoms with Crippen LogP contribution in [0.15, 0.2) is 146 Å². The van der Waals surface area contributed by atoms with Crippen molar-refractivity contribution in [1.29, 1.82) is 0 Å². The lowest BCUT2D eigenvalue weighted by molar-refractivity contribution is 0.282. The Kier molecular flexibility index (Phi) is 15.2. The van der Waals surface area contributed by atoms with Crippen LogP contribution in [-0.2, 0) is 0 Å². The molecular formula is C90H86O4. The molecule has 9 aromatic carbocycles. The lowest BCUT2D eigenvalue weighted by Crippen LogP contribution is -2.38. The van der Waals surface area contributed by atoms with Gasteiger partial charge in [0.25, 0.3) is 0 Å². The van der Waals surface area contributed by atoms with Gasteiger partial charge in [0.15, 0.2) is 0 Å². The van der Waals surface area contributed by atoms with E-state index in [1.807, 2.05) is 0 Å². The smallest absolute Gasteiger partial charge is 0.128 e. The summed E-state index contributed by atoms with van der Waals surface area (Å²) in [7, 11) is 0. The molecule has 4 atom stereocenters. The molecule has 0 spiro atoms. The molecule has 0 saturated carbocycles. The molecule has 0 saturated heterocycles. The maximum Gasteiger partial charge on any atom is 0.128 e. The molecule has 0 N–H and O–H groups in total. The van der Waals surface area contributed by atoms with E-state index < -0.39 is 0 Å². The fraction of sp³-hybridized carbons (Fsp3) is 0.356. The van der Waals surface area contributed by atoms with Crippen LogP contribution >= 0.6 is 0 Å². The van der Waals surface area contributed by atoms with Crippen molar-refractivity contribution in [2.75, 3.05) is 26.4 Å². The molecule has 4 heteroatoms. The zero-order valence-electron chi connectivity index (χ0n) is 55.4. The van der Waals surface area contributed by atoms with Gasteiger partial charge >= 0.3 is 0 Å². The van der Waals surface area contributed by atoms with Crippen LogP contribution in [0.5, 0.6) is 23.0 Å². The first-order valence-corrected chi connectivity index (χ1v) is 36.3. The summed E-state index contributed by atoms with van der Waals surface area (Å²) in [5.74, 6) is 9.97. The molecule has 470 valence electrons. The quantitative estimate of drug-likeness (QED) is 0.0446. The second-order valence-electron chi connectivity index (χ2n) is 28.2. The van der Waals surface area contributed by atoms with Gasteiger partial charge in [-0.15, -0.1) is 12.8 Å². The van der Waals surface area contributed by atoms with E-state index >= 15 is 0 Å². The standard InChI is InChI=1S/C90H86O4/c1-7-13-17-33-49-91-87-79-67-55-37-21-23-39-57(55)68(58-40-24-22-38-56(58)67)80(79)88(92-50-34-18-14-8-2)84-76-64-46-30-29-45-63(64)75(83(84)87)71-53(11-5)73-74(54(12-6)72(71)76)78-66-48-32-31-47-65(66)77(73)85-86(78)90(94-52-36-20-16-10-4)82-70-61-43-27-25-41-59(61)69(60-42-26-28-44-62(60)70)81(82)89(85)93-51-35-19-15-9-3/h5-6,21-32,37-48,67-70,75-78H,7-10,13-20,33-36,49-52H2,1-4H3/t67?,68?,69?,70?,75-,76+,77+,78-. The summed E-state index contributed by atoms with van der Waals surface area (Å²) in [5, 5.41) is 0. The van der Waals surface area contributed by atoms with E-state index in [0.717, 1.165) is 133 Å². The van der Waals surface area contributed by atoms with Crippen LogP contribution in [0, 0.1) is 24.7 Å². The van der Waals surface area contributed by atoms with E-state index in [1.54, 1.807) is 0 Å². The number of unbranched alkanes of at least 4 members (excludes halogenated alkanes) is 12. The minimum atomic E-state index is -0.308. The SMILES string of the molecule is C#Cc1c2c(c(C#C)c3c1[C@@H]1c4ccccc4[C@H]3c3c(OCCCCCC)c4c(c(OCCCCCC)c31)C1c3ccccc3C4c3ccccc31)[C@@H]1c3ccccc3[C@H]2c2c(OCCCCCC)c3c(c(OCCCCCC)c21)C1c2ccccc2C3c2ccccc21.